The largest absolute Gasteiger partial charge is 0.343 e. The summed E-state index contributed by atoms with van der Waals surface area (Å²) in [5.41, 5.74) is -0.294. The van der Waals surface area contributed by atoms with Crippen LogP contribution in [0.1, 0.15) is 53.4 Å². The lowest BCUT2D eigenvalue weighted by atomic mass is 9.98. The van der Waals surface area contributed by atoms with E-state index >= 15 is 0 Å². The molecule has 1 amide bonds. The predicted octanol–water partition coefficient (Wildman–Crippen LogP) is 2.45. The van der Waals surface area contributed by atoms with Gasteiger partial charge in [-0.05, 0) is 52.4 Å². The molecular weight excluding hydrogens is 280 g/mol. The van der Waals surface area contributed by atoms with Crippen LogP contribution in [0.15, 0.2) is 0 Å². The van der Waals surface area contributed by atoms with Crippen LogP contribution in [0, 0.1) is 5.92 Å². The summed E-state index contributed by atoms with van der Waals surface area (Å²) in [5, 5.41) is 0. The molecule has 0 aliphatic carbocycles. The molecule has 0 N–H and O–H groups in total. The van der Waals surface area contributed by atoms with Crippen molar-refractivity contribution in [1.82, 2.24) is 9.80 Å². The molecule has 5 heteroatoms. The van der Waals surface area contributed by atoms with Gasteiger partial charge in [0.1, 0.15) is 0 Å². The third-order valence-corrected chi connectivity index (χ3v) is 4.60. The van der Waals surface area contributed by atoms with Crippen LogP contribution < -0.4 is 0 Å². The van der Waals surface area contributed by atoms with E-state index < -0.39 is 6.41 Å². The molecule has 0 bridgehead atoms. The van der Waals surface area contributed by atoms with Crippen LogP contribution in [0.25, 0.3) is 0 Å². The maximum Gasteiger partial charge on any atom is 0.240 e. The first-order valence-electron chi connectivity index (χ1n) is 8.57. The number of amides is 1. The Morgan fingerprint density at radius 2 is 1.77 bits per heavy atom. The van der Waals surface area contributed by atoms with Gasteiger partial charge >= 0.3 is 0 Å². The molecule has 22 heavy (non-hydrogen) atoms. The quantitative estimate of drug-likeness (QED) is 0.748. The van der Waals surface area contributed by atoms with Gasteiger partial charge in [0.15, 0.2) is 0 Å². The maximum atomic E-state index is 12.9. The van der Waals surface area contributed by atoms with Crippen molar-refractivity contribution >= 4 is 5.91 Å². The summed E-state index contributed by atoms with van der Waals surface area (Å²) in [5.74, 6) is 0.989. The van der Waals surface area contributed by atoms with Crippen molar-refractivity contribution in [2.24, 2.45) is 5.92 Å². The van der Waals surface area contributed by atoms with E-state index in [2.05, 4.69) is 11.8 Å². The molecule has 0 saturated carbocycles. The Kier molecular flexibility index (Phi) is 5.86. The van der Waals surface area contributed by atoms with Crippen LogP contribution >= 0.6 is 0 Å². The van der Waals surface area contributed by atoms with Crippen LogP contribution in [0.4, 0.5) is 0 Å². The molecule has 2 heterocycles. The molecule has 2 aliphatic rings. The first-order valence-corrected chi connectivity index (χ1v) is 8.57. The second-order valence-corrected chi connectivity index (χ2v) is 7.68. The van der Waals surface area contributed by atoms with E-state index in [1.807, 2.05) is 25.7 Å². The Hall–Kier alpha value is -0.650. The molecule has 1 unspecified atom stereocenters. The van der Waals surface area contributed by atoms with E-state index in [1.54, 1.807) is 7.11 Å². The number of nitrogens with zero attached hydrogens (tertiary/aromatic N) is 2. The van der Waals surface area contributed by atoms with Gasteiger partial charge in [0.2, 0.25) is 12.3 Å². The highest BCUT2D eigenvalue weighted by atomic mass is 16.7. The van der Waals surface area contributed by atoms with Crippen LogP contribution in [-0.2, 0) is 14.3 Å². The van der Waals surface area contributed by atoms with Crippen LogP contribution in [0.5, 0.6) is 0 Å². The normalized spacial score (nSPS) is 26.4. The lowest BCUT2D eigenvalue weighted by Crippen LogP contribution is -2.53. The van der Waals surface area contributed by atoms with Gasteiger partial charge in [-0.1, -0.05) is 6.92 Å². The fourth-order valence-corrected chi connectivity index (χ4v) is 3.30. The number of piperidine rings is 1. The SMILES string of the molecule is COC(OC(C)(C)C)N1CCC[C@H]1C(=O)N1CCC(C)CC1. The number of ether oxygens (including phenoxy) is 2. The second kappa shape index (κ2) is 7.28. The zero-order valence-corrected chi connectivity index (χ0v) is 14.8. The van der Waals surface area contributed by atoms with Crippen molar-refractivity contribution in [2.45, 2.75) is 71.4 Å². The molecule has 5 nitrogen and oxygen atoms in total. The van der Waals surface area contributed by atoms with Crippen molar-refractivity contribution < 1.29 is 14.3 Å². The molecular formula is C17H32N2O3. The van der Waals surface area contributed by atoms with E-state index in [0.717, 1.165) is 51.2 Å². The maximum absolute atomic E-state index is 12.9. The summed E-state index contributed by atoms with van der Waals surface area (Å²) in [4.78, 5) is 17.0. The molecule has 2 aliphatic heterocycles. The van der Waals surface area contributed by atoms with Crippen LogP contribution in [0.3, 0.4) is 0 Å². The minimum atomic E-state index is -0.444. The summed E-state index contributed by atoms with van der Waals surface area (Å²) >= 11 is 0. The van der Waals surface area contributed by atoms with Crippen LogP contribution in [-0.4, -0.2) is 60.5 Å². The Labute approximate surface area is 134 Å². The highest BCUT2D eigenvalue weighted by molar-refractivity contribution is 5.82. The molecule has 0 aromatic heterocycles. The van der Waals surface area contributed by atoms with Gasteiger partial charge in [-0.15, -0.1) is 0 Å². The van der Waals surface area contributed by atoms with Crippen molar-refractivity contribution in [2.75, 3.05) is 26.7 Å². The standard InChI is InChI=1S/C17H32N2O3/c1-13-8-11-18(12-9-13)15(20)14-7-6-10-19(14)16(21-5)22-17(2,3)4/h13-14,16H,6-12H2,1-5H3/t14-,16?/m0/s1. The predicted molar refractivity (Wildman–Crippen MR) is 86.3 cm³/mol. The molecule has 0 radical (unpaired) electrons. The number of likely N-dealkylation sites (tertiary alicyclic amines) is 2. The first kappa shape index (κ1) is 17.7. The molecule has 128 valence electrons. The molecule has 2 rings (SSSR count). The topological polar surface area (TPSA) is 42.0 Å². The smallest absolute Gasteiger partial charge is 0.240 e. The number of hydrogen-bond donors (Lipinski definition) is 0. The fraction of sp³-hybridized carbons (Fsp3) is 0.941. The molecule has 0 aromatic rings. The lowest BCUT2D eigenvalue weighted by Gasteiger charge is -2.38. The molecule has 2 fully saturated rings. The van der Waals surface area contributed by atoms with Crippen molar-refractivity contribution in [1.29, 1.82) is 0 Å². The summed E-state index contributed by atoms with van der Waals surface area (Å²) in [6.45, 7) is 10.9. The zero-order valence-electron chi connectivity index (χ0n) is 14.8. The number of rotatable bonds is 4. The second-order valence-electron chi connectivity index (χ2n) is 7.68. The molecule has 0 aromatic carbocycles. The van der Waals surface area contributed by atoms with Gasteiger partial charge in [-0.2, -0.15) is 0 Å². The fourth-order valence-electron chi connectivity index (χ4n) is 3.30. The monoisotopic (exact) mass is 312 g/mol. The summed E-state index contributed by atoms with van der Waals surface area (Å²) in [6, 6.07) is -0.0966. The van der Waals surface area contributed by atoms with Gasteiger partial charge in [0.25, 0.3) is 0 Å². The van der Waals surface area contributed by atoms with Crippen molar-refractivity contribution in [3.8, 4) is 0 Å². The number of carbonyl (C=O) groups is 1. The average Bonchev–Trinajstić information content (AvgIpc) is 2.93. The van der Waals surface area contributed by atoms with Crippen molar-refractivity contribution in [3.05, 3.63) is 0 Å². The highest BCUT2D eigenvalue weighted by Gasteiger charge is 2.40. The highest BCUT2D eigenvalue weighted by Crippen LogP contribution is 2.27. The molecule has 2 saturated heterocycles. The number of methoxy groups -OCH3 is 1. The first-order chi connectivity index (χ1) is 10.3. The molecule has 2 atom stereocenters. The van der Waals surface area contributed by atoms with E-state index in [0.29, 0.717) is 0 Å². The van der Waals surface area contributed by atoms with Gasteiger partial charge < -0.3 is 14.4 Å². The molecule has 0 spiro atoms. The van der Waals surface area contributed by atoms with Gasteiger partial charge in [-0.25, -0.2) is 4.90 Å². The Morgan fingerprint density at radius 1 is 1.14 bits per heavy atom. The summed E-state index contributed by atoms with van der Waals surface area (Å²) in [6.07, 6.45) is 3.71. The van der Waals surface area contributed by atoms with E-state index in [-0.39, 0.29) is 17.6 Å². The van der Waals surface area contributed by atoms with Gasteiger partial charge in [0, 0.05) is 26.7 Å². The third kappa shape index (κ3) is 4.43. The van der Waals surface area contributed by atoms with E-state index in [1.165, 1.54) is 0 Å². The zero-order chi connectivity index (χ0) is 16.3. The van der Waals surface area contributed by atoms with E-state index in [4.69, 9.17) is 9.47 Å². The number of carbonyl (C=O) groups excluding carboxylic acids is 1. The summed E-state index contributed by atoms with van der Waals surface area (Å²) < 4.78 is 11.5. The Morgan fingerprint density at radius 3 is 2.32 bits per heavy atom. The van der Waals surface area contributed by atoms with Crippen molar-refractivity contribution in [3.63, 3.8) is 0 Å². The lowest BCUT2D eigenvalue weighted by molar-refractivity contribution is -0.255. The minimum absolute atomic E-state index is 0.0966. The summed E-state index contributed by atoms with van der Waals surface area (Å²) in [7, 11) is 1.65. The number of hydrogen-bond acceptors (Lipinski definition) is 4. The Bertz CT molecular complexity index is 373. The van der Waals surface area contributed by atoms with Gasteiger partial charge in [-0.3, -0.25) is 4.79 Å². The average molecular weight is 312 g/mol. The Balaban J connectivity index is 2.01. The van der Waals surface area contributed by atoms with Crippen LogP contribution in [0.2, 0.25) is 0 Å². The third-order valence-electron chi connectivity index (χ3n) is 4.60. The minimum Gasteiger partial charge on any atom is -0.343 e. The van der Waals surface area contributed by atoms with Gasteiger partial charge in [0.05, 0.1) is 11.6 Å². The van der Waals surface area contributed by atoms with E-state index in [9.17, 15) is 4.79 Å².